The second-order valence-corrected chi connectivity index (χ2v) is 6.05. The number of carbonyl (C=O) groups excluding carboxylic acids is 1. The fourth-order valence-corrected chi connectivity index (χ4v) is 2.70. The molecule has 126 valence electrons. The van der Waals surface area contributed by atoms with Crippen LogP contribution in [-0.2, 0) is 4.79 Å². The number of hydrogen-bond acceptors (Lipinski definition) is 4. The van der Waals surface area contributed by atoms with Crippen LogP contribution in [0.15, 0.2) is 48.7 Å². The predicted molar refractivity (Wildman–Crippen MR) is 91.4 cm³/mol. The van der Waals surface area contributed by atoms with Crippen molar-refractivity contribution in [2.75, 3.05) is 19.7 Å². The molecule has 0 atom stereocenters. The molecule has 24 heavy (non-hydrogen) atoms. The van der Waals surface area contributed by atoms with Gasteiger partial charge in [-0.25, -0.2) is 4.98 Å². The maximum atomic E-state index is 12.2. The van der Waals surface area contributed by atoms with Crippen LogP contribution in [0.3, 0.4) is 0 Å². The molecule has 1 amide bonds. The van der Waals surface area contributed by atoms with E-state index in [1.54, 1.807) is 30.5 Å². The minimum absolute atomic E-state index is 0.0127. The lowest BCUT2D eigenvalue weighted by Gasteiger charge is -2.31. The van der Waals surface area contributed by atoms with Crippen LogP contribution in [-0.4, -0.2) is 41.6 Å². The van der Waals surface area contributed by atoms with Gasteiger partial charge >= 0.3 is 0 Å². The van der Waals surface area contributed by atoms with Crippen molar-refractivity contribution < 1.29 is 14.3 Å². The molecule has 5 nitrogen and oxygen atoms in total. The fourth-order valence-electron chi connectivity index (χ4n) is 2.58. The molecule has 0 aliphatic carbocycles. The van der Waals surface area contributed by atoms with E-state index in [2.05, 4.69) is 4.98 Å². The van der Waals surface area contributed by atoms with Crippen LogP contribution in [0, 0.1) is 0 Å². The molecule has 6 heteroatoms. The van der Waals surface area contributed by atoms with E-state index < -0.39 is 0 Å². The minimum atomic E-state index is -0.0127. The molecule has 1 fully saturated rings. The van der Waals surface area contributed by atoms with Crippen molar-refractivity contribution in [3.8, 4) is 11.6 Å². The van der Waals surface area contributed by atoms with Gasteiger partial charge in [0.1, 0.15) is 11.9 Å². The molecule has 1 aromatic carbocycles. The number of rotatable bonds is 5. The van der Waals surface area contributed by atoms with Crippen molar-refractivity contribution in [2.45, 2.75) is 18.9 Å². The molecule has 0 unspecified atom stereocenters. The van der Waals surface area contributed by atoms with Crippen molar-refractivity contribution in [1.82, 2.24) is 9.88 Å². The number of amides is 1. The number of ether oxygens (including phenoxy) is 2. The first-order valence-electron chi connectivity index (χ1n) is 7.94. The van der Waals surface area contributed by atoms with E-state index in [9.17, 15) is 4.79 Å². The standard InChI is InChI=1S/C18H19ClN2O3/c19-14-4-6-15(7-5-14)23-13-18(22)21-11-8-16(9-12-21)24-17-3-1-2-10-20-17/h1-7,10,16H,8-9,11-13H2. The Bertz CT molecular complexity index is 656. The molecule has 2 aromatic rings. The molecule has 3 rings (SSSR count). The summed E-state index contributed by atoms with van der Waals surface area (Å²) >= 11 is 5.82. The van der Waals surface area contributed by atoms with E-state index in [0.717, 1.165) is 12.8 Å². The van der Waals surface area contributed by atoms with Crippen LogP contribution >= 0.6 is 11.6 Å². The van der Waals surface area contributed by atoms with Gasteiger partial charge in [-0.15, -0.1) is 0 Å². The van der Waals surface area contributed by atoms with Crippen LogP contribution in [0.5, 0.6) is 11.6 Å². The molecular formula is C18H19ClN2O3. The van der Waals surface area contributed by atoms with E-state index in [4.69, 9.17) is 21.1 Å². The average molecular weight is 347 g/mol. The lowest BCUT2D eigenvalue weighted by atomic mass is 10.1. The van der Waals surface area contributed by atoms with Crippen molar-refractivity contribution >= 4 is 17.5 Å². The normalized spacial score (nSPS) is 15.1. The first-order chi connectivity index (χ1) is 11.7. The number of likely N-dealkylation sites (tertiary alicyclic amines) is 1. The van der Waals surface area contributed by atoms with Crippen LogP contribution < -0.4 is 9.47 Å². The van der Waals surface area contributed by atoms with Crippen molar-refractivity contribution in [1.29, 1.82) is 0 Å². The van der Waals surface area contributed by atoms with E-state index >= 15 is 0 Å². The third-order valence-corrected chi connectivity index (χ3v) is 4.15. The topological polar surface area (TPSA) is 51.7 Å². The molecule has 1 aromatic heterocycles. The predicted octanol–water partition coefficient (Wildman–Crippen LogP) is 3.18. The zero-order chi connectivity index (χ0) is 16.8. The highest BCUT2D eigenvalue weighted by Gasteiger charge is 2.24. The number of hydrogen-bond donors (Lipinski definition) is 0. The molecule has 1 aliphatic rings. The third kappa shape index (κ3) is 4.61. The summed E-state index contributed by atoms with van der Waals surface area (Å²) in [6.07, 6.45) is 3.40. The Hall–Kier alpha value is -2.27. The average Bonchev–Trinajstić information content (AvgIpc) is 2.62. The molecule has 1 saturated heterocycles. The third-order valence-electron chi connectivity index (χ3n) is 3.90. The van der Waals surface area contributed by atoms with E-state index in [1.807, 2.05) is 23.1 Å². The lowest BCUT2D eigenvalue weighted by molar-refractivity contribution is -0.135. The van der Waals surface area contributed by atoms with Gasteiger partial charge in [-0.05, 0) is 30.3 Å². The van der Waals surface area contributed by atoms with Crippen molar-refractivity contribution in [2.24, 2.45) is 0 Å². The molecule has 0 bridgehead atoms. The highest BCUT2D eigenvalue weighted by atomic mass is 35.5. The summed E-state index contributed by atoms with van der Waals surface area (Å²) in [6.45, 7) is 1.37. The molecule has 0 spiro atoms. The number of pyridine rings is 1. The first kappa shape index (κ1) is 16.6. The number of halogens is 1. The van der Waals surface area contributed by atoms with Gasteiger partial charge in [-0.2, -0.15) is 0 Å². The van der Waals surface area contributed by atoms with Gasteiger partial charge < -0.3 is 14.4 Å². The van der Waals surface area contributed by atoms with Gasteiger partial charge in [0, 0.05) is 43.2 Å². The molecule has 0 N–H and O–H groups in total. The number of nitrogens with zero attached hydrogens (tertiary/aromatic N) is 2. The van der Waals surface area contributed by atoms with Crippen molar-refractivity contribution in [3.63, 3.8) is 0 Å². The number of piperidine rings is 1. The molecule has 1 aliphatic heterocycles. The molecular weight excluding hydrogens is 328 g/mol. The quantitative estimate of drug-likeness (QED) is 0.834. The second kappa shape index (κ2) is 8.02. The maximum absolute atomic E-state index is 12.2. The van der Waals surface area contributed by atoms with Crippen LogP contribution in [0.25, 0.3) is 0 Å². The summed E-state index contributed by atoms with van der Waals surface area (Å²) in [5, 5.41) is 0.642. The first-order valence-corrected chi connectivity index (χ1v) is 8.32. The summed E-state index contributed by atoms with van der Waals surface area (Å²) in [5.41, 5.74) is 0. The van der Waals surface area contributed by atoms with Gasteiger partial charge in [0.05, 0.1) is 0 Å². The highest BCUT2D eigenvalue weighted by molar-refractivity contribution is 6.30. The summed E-state index contributed by atoms with van der Waals surface area (Å²) < 4.78 is 11.3. The summed E-state index contributed by atoms with van der Waals surface area (Å²) in [4.78, 5) is 18.2. The molecule has 0 saturated carbocycles. The van der Waals surface area contributed by atoms with Gasteiger partial charge in [0.25, 0.3) is 5.91 Å². The Morgan fingerprint density at radius 3 is 2.58 bits per heavy atom. The van der Waals surface area contributed by atoms with Gasteiger partial charge in [0.15, 0.2) is 6.61 Å². The lowest BCUT2D eigenvalue weighted by Crippen LogP contribution is -2.43. The van der Waals surface area contributed by atoms with Gasteiger partial charge in [-0.1, -0.05) is 17.7 Å². The summed E-state index contributed by atoms with van der Waals surface area (Å²) in [5.74, 6) is 1.26. The van der Waals surface area contributed by atoms with Crippen LogP contribution in [0.4, 0.5) is 0 Å². The molecule has 2 heterocycles. The second-order valence-electron chi connectivity index (χ2n) is 5.61. The zero-order valence-corrected chi connectivity index (χ0v) is 14.0. The SMILES string of the molecule is O=C(COc1ccc(Cl)cc1)N1CCC(Oc2ccccn2)CC1. The Morgan fingerprint density at radius 2 is 1.92 bits per heavy atom. The largest absolute Gasteiger partial charge is 0.484 e. The van der Waals surface area contributed by atoms with E-state index in [-0.39, 0.29) is 18.6 Å². The number of benzene rings is 1. The van der Waals surface area contributed by atoms with Crippen LogP contribution in [0.2, 0.25) is 5.02 Å². The highest BCUT2D eigenvalue weighted by Crippen LogP contribution is 2.18. The Morgan fingerprint density at radius 1 is 1.17 bits per heavy atom. The van der Waals surface area contributed by atoms with Gasteiger partial charge in [-0.3, -0.25) is 4.79 Å². The van der Waals surface area contributed by atoms with Gasteiger partial charge in [0.2, 0.25) is 5.88 Å². The Kier molecular flexibility index (Phi) is 5.54. The maximum Gasteiger partial charge on any atom is 0.260 e. The summed E-state index contributed by atoms with van der Waals surface area (Å²) in [6, 6.07) is 12.6. The number of carbonyl (C=O) groups is 1. The number of aromatic nitrogens is 1. The zero-order valence-electron chi connectivity index (χ0n) is 13.2. The monoisotopic (exact) mass is 346 g/mol. The smallest absolute Gasteiger partial charge is 0.260 e. The van der Waals surface area contributed by atoms with E-state index in [0.29, 0.717) is 29.7 Å². The Labute approximate surface area is 146 Å². The fraction of sp³-hybridized carbons (Fsp3) is 0.333. The summed E-state index contributed by atoms with van der Waals surface area (Å²) in [7, 11) is 0. The van der Waals surface area contributed by atoms with E-state index in [1.165, 1.54) is 0 Å². The molecule has 0 radical (unpaired) electrons. The minimum Gasteiger partial charge on any atom is -0.484 e. The van der Waals surface area contributed by atoms with Crippen molar-refractivity contribution in [3.05, 3.63) is 53.7 Å². The van der Waals surface area contributed by atoms with Crippen LogP contribution in [0.1, 0.15) is 12.8 Å². The Balaban J connectivity index is 1.42.